The molecule has 6 nitrogen and oxygen atoms in total. The number of hydrogen-bond acceptors (Lipinski definition) is 6. The number of hydrogen-bond donors (Lipinski definition) is 3. The van der Waals surface area contributed by atoms with Gasteiger partial charge in [-0.25, -0.2) is 4.79 Å². The standard InChI is InChI=1S/C20H23Cl2NO5/c1-12(19(26)14-3-5-15(24)6-4-14)23-8-7-13-9-16(21)20(17(22)10-13)28-11-18(25)27-2/h3-6,9-10,12,19,23-24,26H,7-8,11H2,1-2H3/t12-,19-/m0/s1. The SMILES string of the molecule is COC(=O)COc1c(Cl)cc(CCN[C@@H](C)[C@H](O)c2ccc(O)cc2)cc1Cl. The van der Waals surface area contributed by atoms with Crippen molar-refractivity contribution in [2.24, 2.45) is 0 Å². The van der Waals surface area contributed by atoms with Crippen molar-refractivity contribution in [3.63, 3.8) is 0 Å². The summed E-state index contributed by atoms with van der Waals surface area (Å²) < 4.78 is 9.82. The van der Waals surface area contributed by atoms with Crippen molar-refractivity contribution >= 4 is 29.2 Å². The fraction of sp³-hybridized carbons (Fsp3) is 0.350. The third-order valence-electron chi connectivity index (χ3n) is 4.21. The van der Waals surface area contributed by atoms with Gasteiger partial charge >= 0.3 is 5.97 Å². The molecule has 0 radical (unpaired) electrons. The highest BCUT2D eigenvalue weighted by molar-refractivity contribution is 6.37. The van der Waals surface area contributed by atoms with E-state index in [0.717, 1.165) is 11.1 Å². The van der Waals surface area contributed by atoms with E-state index in [4.69, 9.17) is 27.9 Å². The fourth-order valence-electron chi connectivity index (χ4n) is 2.60. The number of ether oxygens (including phenoxy) is 2. The van der Waals surface area contributed by atoms with E-state index >= 15 is 0 Å². The maximum atomic E-state index is 11.2. The third kappa shape index (κ3) is 6.27. The van der Waals surface area contributed by atoms with Crippen molar-refractivity contribution < 1.29 is 24.5 Å². The maximum absolute atomic E-state index is 11.2. The van der Waals surface area contributed by atoms with Crippen LogP contribution in [0.5, 0.6) is 11.5 Å². The molecular formula is C20H23Cl2NO5. The Bertz CT molecular complexity index is 775. The van der Waals surface area contributed by atoms with Gasteiger partial charge in [0.2, 0.25) is 0 Å². The number of phenols is 1. The van der Waals surface area contributed by atoms with Crippen LogP contribution in [0.2, 0.25) is 10.0 Å². The zero-order valence-corrected chi connectivity index (χ0v) is 17.1. The van der Waals surface area contributed by atoms with Crippen molar-refractivity contribution in [3.05, 3.63) is 57.6 Å². The van der Waals surface area contributed by atoms with Gasteiger partial charge in [-0.15, -0.1) is 0 Å². The average molecular weight is 428 g/mol. The molecule has 0 saturated carbocycles. The van der Waals surface area contributed by atoms with Crippen LogP contribution in [0, 0.1) is 0 Å². The number of nitrogens with one attached hydrogen (secondary N) is 1. The lowest BCUT2D eigenvalue weighted by atomic mass is 10.0. The molecule has 0 bridgehead atoms. The Morgan fingerprint density at radius 2 is 1.79 bits per heavy atom. The van der Waals surface area contributed by atoms with E-state index < -0.39 is 12.1 Å². The van der Waals surface area contributed by atoms with Crippen LogP contribution in [0.3, 0.4) is 0 Å². The molecule has 0 fully saturated rings. The van der Waals surface area contributed by atoms with E-state index in [9.17, 15) is 15.0 Å². The number of aromatic hydroxyl groups is 1. The Morgan fingerprint density at radius 3 is 2.36 bits per heavy atom. The molecule has 3 N–H and O–H groups in total. The molecule has 28 heavy (non-hydrogen) atoms. The van der Waals surface area contributed by atoms with E-state index in [0.29, 0.717) is 23.0 Å². The molecule has 8 heteroatoms. The summed E-state index contributed by atoms with van der Waals surface area (Å²) in [5.74, 6) is -0.132. The Labute approximate surface area is 174 Å². The Hall–Kier alpha value is -1.99. The zero-order chi connectivity index (χ0) is 20.7. The first-order valence-electron chi connectivity index (χ1n) is 8.69. The largest absolute Gasteiger partial charge is 0.508 e. The quantitative estimate of drug-likeness (QED) is 0.530. The second kappa shape index (κ2) is 10.5. The van der Waals surface area contributed by atoms with Gasteiger partial charge in [0, 0.05) is 6.04 Å². The number of esters is 1. The smallest absolute Gasteiger partial charge is 0.343 e. The number of methoxy groups -OCH3 is 1. The van der Waals surface area contributed by atoms with Gasteiger partial charge < -0.3 is 25.0 Å². The molecular weight excluding hydrogens is 405 g/mol. The van der Waals surface area contributed by atoms with Gasteiger partial charge in [-0.3, -0.25) is 0 Å². The summed E-state index contributed by atoms with van der Waals surface area (Å²) in [4.78, 5) is 11.2. The third-order valence-corrected chi connectivity index (χ3v) is 4.77. The molecule has 152 valence electrons. The van der Waals surface area contributed by atoms with Crippen LogP contribution >= 0.6 is 23.2 Å². The van der Waals surface area contributed by atoms with Gasteiger partial charge in [0.25, 0.3) is 0 Å². The highest BCUT2D eigenvalue weighted by Crippen LogP contribution is 2.34. The molecule has 0 aromatic heterocycles. The van der Waals surface area contributed by atoms with Crippen LogP contribution in [0.4, 0.5) is 0 Å². The number of halogens is 2. The Kier molecular flexibility index (Phi) is 8.38. The van der Waals surface area contributed by atoms with E-state index in [2.05, 4.69) is 10.1 Å². The molecule has 2 aromatic carbocycles. The minimum atomic E-state index is -0.707. The van der Waals surface area contributed by atoms with Gasteiger partial charge in [0.1, 0.15) is 5.75 Å². The summed E-state index contributed by atoms with van der Waals surface area (Å²) in [6.45, 7) is 2.19. The van der Waals surface area contributed by atoms with Gasteiger partial charge in [-0.05, 0) is 55.3 Å². The van der Waals surface area contributed by atoms with E-state index in [1.165, 1.54) is 7.11 Å². The number of rotatable bonds is 9. The van der Waals surface area contributed by atoms with E-state index in [1.807, 2.05) is 6.92 Å². The average Bonchev–Trinajstić information content (AvgIpc) is 2.67. The molecule has 2 rings (SSSR count). The summed E-state index contributed by atoms with van der Waals surface area (Å²) in [7, 11) is 1.27. The van der Waals surface area contributed by atoms with Gasteiger partial charge in [0.05, 0.1) is 23.3 Å². The van der Waals surface area contributed by atoms with Crippen molar-refractivity contribution in [2.45, 2.75) is 25.5 Å². The predicted octanol–water partition coefficient (Wildman–Crippen LogP) is 3.51. The van der Waals surface area contributed by atoms with Crippen molar-refractivity contribution in [1.82, 2.24) is 5.32 Å². The topological polar surface area (TPSA) is 88.0 Å². The van der Waals surface area contributed by atoms with Crippen LogP contribution in [-0.2, 0) is 16.0 Å². The van der Waals surface area contributed by atoms with Gasteiger partial charge in [-0.2, -0.15) is 0 Å². The summed E-state index contributed by atoms with van der Waals surface area (Å²) in [6, 6.07) is 9.71. The molecule has 0 heterocycles. The van der Waals surface area contributed by atoms with Crippen molar-refractivity contribution in [2.75, 3.05) is 20.3 Å². The summed E-state index contributed by atoms with van der Waals surface area (Å²) >= 11 is 12.4. The van der Waals surface area contributed by atoms with Crippen LogP contribution in [0.15, 0.2) is 36.4 Å². The first-order chi connectivity index (χ1) is 13.3. The normalized spacial score (nSPS) is 13.0. The lowest BCUT2D eigenvalue weighted by Crippen LogP contribution is -2.33. The van der Waals surface area contributed by atoms with Crippen molar-refractivity contribution in [1.29, 1.82) is 0 Å². The van der Waals surface area contributed by atoms with Crippen LogP contribution in [0.1, 0.15) is 24.2 Å². The monoisotopic (exact) mass is 427 g/mol. The minimum absolute atomic E-state index is 0.157. The van der Waals surface area contributed by atoms with E-state index in [-0.39, 0.29) is 24.1 Å². The summed E-state index contributed by atoms with van der Waals surface area (Å²) in [5, 5.41) is 23.6. The van der Waals surface area contributed by atoms with Crippen LogP contribution in [0.25, 0.3) is 0 Å². The molecule has 2 aromatic rings. The number of carbonyl (C=O) groups is 1. The Balaban J connectivity index is 1.90. The molecule has 0 aliphatic heterocycles. The first kappa shape index (κ1) is 22.3. The first-order valence-corrected chi connectivity index (χ1v) is 9.45. The van der Waals surface area contributed by atoms with Crippen LogP contribution < -0.4 is 10.1 Å². The van der Waals surface area contributed by atoms with Gasteiger partial charge in [-0.1, -0.05) is 35.3 Å². The lowest BCUT2D eigenvalue weighted by Gasteiger charge is -2.21. The molecule has 2 atom stereocenters. The zero-order valence-electron chi connectivity index (χ0n) is 15.6. The predicted molar refractivity (Wildman–Crippen MR) is 108 cm³/mol. The molecule has 0 spiro atoms. The number of carbonyl (C=O) groups excluding carboxylic acids is 1. The van der Waals surface area contributed by atoms with E-state index in [1.54, 1.807) is 36.4 Å². The number of aliphatic hydroxyl groups is 1. The maximum Gasteiger partial charge on any atom is 0.343 e. The highest BCUT2D eigenvalue weighted by Gasteiger charge is 2.16. The lowest BCUT2D eigenvalue weighted by molar-refractivity contribution is -0.142. The highest BCUT2D eigenvalue weighted by atomic mass is 35.5. The Morgan fingerprint density at radius 1 is 1.18 bits per heavy atom. The number of aliphatic hydroxyl groups excluding tert-OH is 1. The van der Waals surface area contributed by atoms with Gasteiger partial charge in [0.15, 0.2) is 12.4 Å². The second-order valence-electron chi connectivity index (χ2n) is 6.28. The second-order valence-corrected chi connectivity index (χ2v) is 7.10. The summed E-state index contributed by atoms with van der Waals surface area (Å²) in [6.07, 6.45) is -0.0783. The van der Waals surface area contributed by atoms with Crippen molar-refractivity contribution in [3.8, 4) is 11.5 Å². The molecule has 0 saturated heterocycles. The fourth-order valence-corrected chi connectivity index (χ4v) is 3.24. The minimum Gasteiger partial charge on any atom is -0.508 e. The number of benzene rings is 2. The molecule has 0 aliphatic rings. The van der Waals surface area contributed by atoms with Crippen LogP contribution in [-0.4, -0.2) is 42.5 Å². The molecule has 0 amide bonds. The summed E-state index contributed by atoms with van der Waals surface area (Å²) in [5.41, 5.74) is 1.61. The number of phenolic OH excluding ortho intramolecular Hbond substituents is 1. The molecule has 0 aliphatic carbocycles. The molecule has 0 unspecified atom stereocenters.